The summed E-state index contributed by atoms with van der Waals surface area (Å²) in [5.74, 6) is -1.67. The third kappa shape index (κ3) is 3.73. The molecule has 0 fully saturated rings. The Balaban J connectivity index is 3.85. The molecular formula is C4H5F3O2S. The van der Waals surface area contributed by atoms with E-state index in [4.69, 9.17) is 0 Å². The van der Waals surface area contributed by atoms with Crippen LogP contribution in [0.5, 0.6) is 0 Å². The number of carbonyl (C=O) groups excluding carboxylic acids is 1. The summed E-state index contributed by atoms with van der Waals surface area (Å²) in [4.78, 5) is 10.0. The third-order valence-electron chi connectivity index (χ3n) is 0.593. The summed E-state index contributed by atoms with van der Waals surface area (Å²) in [6.45, 7) is 0.962. The first-order valence-corrected chi connectivity index (χ1v) is 3.60. The van der Waals surface area contributed by atoms with Gasteiger partial charge >= 0.3 is 5.51 Å². The lowest BCUT2D eigenvalue weighted by atomic mass is 10.5. The van der Waals surface area contributed by atoms with Gasteiger partial charge in [0.15, 0.2) is 11.5 Å². The summed E-state index contributed by atoms with van der Waals surface area (Å²) < 4.78 is 44.1. The van der Waals surface area contributed by atoms with E-state index in [1.807, 2.05) is 0 Å². The first kappa shape index (κ1) is 9.77. The SMILES string of the molecule is CC(=O)C[S+]([O-])C(F)(F)F. The van der Waals surface area contributed by atoms with Crippen LogP contribution in [0.2, 0.25) is 0 Å². The van der Waals surface area contributed by atoms with Crippen LogP contribution in [0.15, 0.2) is 0 Å². The first-order chi connectivity index (χ1) is 4.34. The number of rotatable bonds is 2. The molecule has 0 rings (SSSR count). The van der Waals surface area contributed by atoms with Crippen molar-refractivity contribution < 1.29 is 22.5 Å². The molecule has 1 atom stereocenters. The van der Waals surface area contributed by atoms with Gasteiger partial charge in [0.25, 0.3) is 0 Å². The summed E-state index contributed by atoms with van der Waals surface area (Å²) in [7, 11) is 0. The molecule has 1 unspecified atom stereocenters. The minimum atomic E-state index is -4.76. The second kappa shape index (κ2) is 3.25. The van der Waals surface area contributed by atoms with E-state index >= 15 is 0 Å². The van der Waals surface area contributed by atoms with Crippen molar-refractivity contribution in [2.24, 2.45) is 0 Å². The van der Waals surface area contributed by atoms with Gasteiger partial charge in [-0.05, 0) is 6.92 Å². The van der Waals surface area contributed by atoms with E-state index in [2.05, 4.69) is 0 Å². The monoisotopic (exact) mass is 174 g/mol. The highest BCUT2D eigenvalue weighted by atomic mass is 32.2. The molecule has 0 amide bonds. The highest BCUT2D eigenvalue weighted by molar-refractivity contribution is 7.92. The van der Waals surface area contributed by atoms with Gasteiger partial charge in [-0.2, -0.15) is 0 Å². The fourth-order valence-electron chi connectivity index (χ4n) is 0.266. The molecule has 10 heavy (non-hydrogen) atoms. The van der Waals surface area contributed by atoms with Crippen molar-refractivity contribution in [1.29, 1.82) is 0 Å². The average Bonchev–Trinajstić information content (AvgIpc) is 1.60. The number of hydrogen-bond acceptors (Lipinski definition) is 2. The number of alkyl halides is 3. The normalized spacial score (nSPS) is 14.9. The van der Waals surface area contributed by atoms with E-state index in [9.17, 15) is 22.5 Å². The van der Waals surface area contributed by atoms with Crippen molar-refractivity contribution in [2.45, 2.75) is 12.4 Å². The highest BCUT2D eigenvalue weighted by Crippen LogP contribution is 2.23. The molecule has 2 nitrogen and oxygen atoms in total. The van der Waals surface area contributed by atoms with E-state index < -0.39 is 28.2 Å². The van der Waals surface area contributed by atoms with Crippen LogP contribution in [0.4, 0.5) is 13.2 Å². The standard InChI is InChI=1S/C4H5F3O2S/c1-3(8)2-10(9)4(5,6)7/h2H2,1H3. The first-order valence-electron chi connectivity index (χ1n) is 2.28. The maximum atomic E-state index is 11.4. The highest BCUT2D eigenvalue weighted by Gasteiger charge is 2.44. The van der Waals surface area contributed by atoms with Gasteiger partial charge in [-0.1, -0.05) is 0 Å². The molecule has 0 bridgehead atoms. The van der Waals surface area contributed by atoms with Crippen LogP contribution in [0, 0.1) is 0 Å². The quantitative estimate of drug-likeness (QED) is 0.582. The van der Waals surface area contributed by atoms with Gasteiger partial charge in [-0.25, -0.2) is 0 Å². The summed E-state index contributed by atoms with van der Waals surface area (Å²) in [5.41, 5.74) is -4.76. The number of hydrogen-bond donors (Lipinski definition) is 0. The van der Waals surface area contributed by atoms with Gasteiger partial charge < -0.3 is 4.55 Å². The molecule has 0 aromatic heterocycles. The Morgan fingerprint density at radius 2 is 2.00 bits per heavy atom. The van der Waals surface area contributed by atoms with Gasteiger partial charge in [0.1, 0.15) is 0 Å². The Labute approximate surface area is 58.6 Å². The van der Waals surface area contributed by atoms with E-state index in [1.165, 1.54) is 0 Å². The Morgan fingerprint density at radius 1 is 1.60 bits per heavy atom. The van der Waals surface area contributed by atoms with Crippen LogP contribution in [0.3, 0.4) is 0 Å². The second-order valence-corrected chi connectivity index (χ2v) is 3.08. The number of ketones is 1. The van der Waals surface area contributed by atoms with E-state index in [-0.39, 0.29) is 0 Å². The van der Waals surface area contributed by atoms with Crippen LogP contribution in [-0.4, -0.2) is 21.6 Å². The van der Waals surface area contributed by atoms with Gasteiger partial charge in [-0.15, -0.1) is 13.2 Å². The molecular weight excluding hydrogens is 169 g/mol. The molecule has 60 valence electrons. The van der Waals surface area contributed by atoms with Crippen molar-refractivity contribution >= 4 is 17.0 Å². The molecule has 0 saturated carbocycles. The van der Waals surface area contributed by atoms with Crippen molar-refractivity contribution in [2.75, 3.05) is 5.75 Å². The van der Waals surface area contributed by atoms with Crippen molar-refractivity contribution in [3.63, 3.8) is 0 Å². The van der Waals surface area contributed by atoms with Crippen molar-refractivity contribution in [1.82, 2.24) is 0 Å². The van der Waals surface area contributed by atoms with E-state index in [0.717, 1.165) is 6.92 Å². The van der Waals surface area contributed by atoms with Gasteiger partial charge in [-0.3, -0.25) is 4.79 Å². The number of Topliss-reactive ketones (excluding diaryl/α,β-unsaturated/α-hetero) is 1. The minimum absolute atomic E-state index is 0.726. The van der Waals surface area contributed by atoms with Gasteiger partial charge in [0.2, 0.25) is 0 Å². The van der Waals surface area contributed by atoms with Gasteiger partial charge in [0.05, 0.1) is 11.2 Å². The topological polar surface area (TPSA) is 40.1 Å². The minimum Gasteiger partial charge on any atom is -0.609 e. The number of carbonyl (C=O) groups is 1. The average molecular weight is 174 g/mol. The zero-order valence-corrected chi connectivity index (χ0v) is 5.88. The van der Waals surface area contributed by atoms with Crippen LogP contribution >= 0.6 is 0 Å². The van der Waals surface area contributed by atoms with Crippen LogP contribution in [0.1, 0.15) is 6.92 Å². The lowest BCUT2D eigenvalue weighted by Crippen LogP contribution is -2.28. The molecule has 0 aromatic rings. The second-order valence-electron chi connectivity index (χ2n) is 1.64. The Kier molecular flexibility index (Phi) is 3.17. The Hall–Kier alpha value is -0.230. The predicted octanol–water partition coefficient (Wildman–Crippen LogP) is 0.844. The largest absolute Gasteiger partial charge is 0.609 e. The summed E-state index contributed by atoms with van der Waals surface area (Å²) in [6.07, 6.45) is 0. The molecule has 0 spiro atoms. The van der Waals surface area contributed by atoms with Crippen LogP contribution in [-0.2, 0) is 16.0 Å². The maximum Gasteiger partial charge on any atom is 0.573 e. The van der Waals surface area contributed by atoms with Crippen molar-refractivity contribution in [3.05, 3.63) is 0 Å². The zero-order chi connectivity index (χ0) is 8.36. The summed E-state index contributed by atoms with van der Waals surface area (Å²) in [6, 6.07) is 0. The molecule has 0 aliphatic carbocycles. The lowest BCUT2D eigenvalue weighted by molar-refractivity contribution is -0.115. The molecule has 0 aliphatic rings. The molecule has 0 radical (unpaired) electrons. The summed E-state index contributed by atoms with van der Waals surface area (Å²) >= 11 is -3.02. The van der Waals surface area contributed by atoms with Crippen molar-refractivity contribution in [3.8, 4) is 0 Å². The Morgan fingerprint density at radius 3 is 2.10 bits per heavy atom. The van der Waals surface area contributed by atoms with Gasteiger partial charge in [0, 0.05) is 0 Å². The molecule has 0 saturated heterocycles. The summed E-state index contributed by atoms with van der Waals surface area (Å²) in [5, 5.41) is 0. The number of halogens is 3. The molecule has 0 N–H and O–H groups in total. The van der Waals surface area contributed by atoms with E-state index in [0.29, 0.717) is 0 Å². The smallest absolute Gasteiger partial charge is 0.573 e. The zero-order valence-electron chi connectivity index (χ0n) is 5.07. The fraction of sp³-hybridized carbons (Fsp3) is 0.750. The van der Waals surface area contributed by atoms with E-state index in [1.54, 1.807) is 0 Å². The Bertz CT molecular complexity index is 133. The molecule has 0 aromatic carbocycles. The molecule has 0 aliphatic heterocycles. The van der Waals surface area contributed by atoms with Crippen LogP contribution < -0.4 is 0 Å². The lowest BCUT2D eigenvalue weighted by Gasteiger charge is -2.10. The predicted molar refractivity (Wildman–Crippen MR) is 29.7 cm³/mol. The molecule has 0 heterocycles. The van der Waals surface area contributed by atoms with Crippen LogP contribution in [0.25, 0.3) is 0 Å². The maximum absolute atomic E-state index is 11.4. The third-order valence-corrected chi connectivity index (χ3v) is 1.78. The molecule has 6 heteroatoms. The fourth-order valence-corrected chi connectivity index (χ4v) is 0.799.